The third-order valence-electron chi connectivity index (χ3n) is 5.17. The van der Waals surface area contributed by atoms with Crippen LogP contribution in [0.1, 0.15) is 12.0 Å². The molecule has 1 aliphatic rings. The smallest absolute Gasteiger partial charge is 0.255 e. The van der Waals surface area contributed by atoms with E-state index in [1.165, 1.54) is 60.5 Å². The molecule has 1 N–H and O–H groups in total. The van der Waals surface area contributed by atoms with Gasteiger partial charge in [0, 0.05) is 11.4 Å². The van der Waals surface area contributed by atoms with Crippen LogP contribution in [0, 0.1) is 11.6 Å². The first-order valence-corrected chi connectivity index (χ1v) is 9.24. The van der Waals surface area contributed by atoms with Crippen LogP contribution in [0.25, 0.3) is 0 Å². The number of benzene rings is 3. The van der Waals surface area contributed by atoms with E-state index in [4.69, 9.17) is 4.74 Å². The maximum Gasteiger partial charge on any atom is 0.255 e. The first-order valence-electron chi connectivity index (χ1n) is 9.24. The van der Waals surface area contributed by atoms with Gasteiger partial charge in [-0.25, -0.2) is 8.78 Å². The standard InChI is InChI=1S/C23H18F2N2O3/c1-30-20-12-2-15(3-13-20)23(22(29)26-18-8-4-16(24)5-9-18)14-21(28)27(23)19-10-6-17(25)7-11-19/h2-13H,14H2,1H3,(H,26,29). The number of hydrogen-bond acceptors (Lipinski definition) is 3. The number of ether oxygens (including phenoxy) is 1. The van der Waals surface area contributed by atoms with Gasteiger partial charge < -0.3 is 10.1 Å². The lowest BCUT2D eigenvalue weighted by Gasteiger charge is -2.50. The summed E-state index contributed by atoms with van der Waals surface area (Å²) in [5, 5.41) is 2.77. The van der Waals surface area contributed by atoms with Crippen LogP contribution in [0.4, 0.5) is 20.2 Å². The molecular formula is C23H18F2N2O3. The van der Waals surface area contributed by atoms with Crippen LogP contribution in [0.2, 0.25) is 0 Å². The van der Waals surface area contributed by atoms with E-state index in [0.717, 1.165) is 0 Å². The summed E-state index contributed by atoms with van der Waals surface area (Å²) in [6.45, 7) is 0. The first-order chi connectivity index (χ1) is 14.4. The van der Waals surface area contributed by atoms with Gasteiger partial charge in [0.2, 0.25) is 5.91 Å². The number of carbonyl (C=O) groups is 2. The lowest BCUT2D eigenvalue weighted by Crippen LogP contribution is -2.67. The van der Waals surface area contributed by atoms with Crippen LogP contribution in [0.3, 0.4) is 0 Å². The van der Waals surface area contributed by atoms with Crippen molar-refractivity contribution in [3.05, 3.63) is 90.0 Å². The van der Waals surface area contributed by atoms with Gasteiger partial charge in [0.1, 0.15) is 17.4 Å². The van der Waals surface area contributed by atoms with Crippen molar-refractivity contribution in [1.82, 2.24) is 0 Å². The third kappa shape index (κ3) is 3.28. The molecule has 0 aliphatic carbocycles. The SMILES string of the molecule is COc1ccc(C2(C(=O)Nc3ccc(F)cc3)CC(=O)N2c2ccc(F)cc2)cc1. The summed E-state index contributed by atoms with van der Waals surface area (Å²) in [7, 11) is 1.53. The average Bonchev–Trinajstić information content (AvgIpc) is 2.75. The molecule has 4 rings (SSSR count). The predicted octanol–water partition coefficient (Wildman–Crippen LogP) is 4.24. The molecule has 3 aromatic rings. The fraction of sp³-hybridized carbons (Fsp3) is 0.130. The van der Waals surface area contributed by atoms with Crippen molar-refractivity contribution >= 4 is 23.2 Å². The van der Waals surface area contributed by atoms with E-state index >= 15 is 0 Å². The number of anilines is 2. The van der Waals surface area contributed by atoms with Crippen LogP contribution >= 0.6 is 0 Å². The predicted molar refractivity (Wildman–Crippen MR) is 108 cm³/mol. The molecule has 0 saturated carbocycles. The number of amides is 2. The summed E-state index contributed by atoms with van der Waals surface area (Å²) in [6.07, 6.45) is -0.0657. The van der Waals surface area contributed by atoms with Crippen molar-refractivity contribution in [2.75, 3.05) is 17.3 Å². The van der Waals surface area contributed by atoms with Gasteiger partial charge in [-0.05, 0) is 66.2 Å². The molecule has 30 heavy (non-hydrogen) atoms. The topological polar surface area (TPSA) is 58.6 Å². The Hall–Kier alpha value is -3.74. The molecule has 2 amide bonds. The molecule has 0 radical (unpaired) electrons. The largest absolute Gasteiger partial charge is 0.497 e. The second kappa shape index (κ2) is 7.59. The summed E-state index contributed by atoms with van der Waals surface area (Å²) in [5.74, 6) is -0.996. The minimum absolute atomic E-state index is 0.0657. The summed E-state index contributed by atoms with van der Waals surface area (Å²) in [6, 6.07) is 17.6. The average molecular weight is 408 g/mol. The van der Waals surface area contributed by atoms with E-state index in [-0.39, 0.29) is 12.3 Å². The summed E-state index contributed by atoms with van der Waals surface area (Å²) >= 11 is 0. The van der Waals surface area contributed by atoms with Crippen molar-refractivity contribution in [3.8, 4) is 5.75 Å². The van der Waals surface area contributed by atoms with Crippen LogP contribution in [-0.4, -0.2) is 18.9 Å². The Labute approximate surface area is 171 Å². The quantitative estimate of drug-likeness (QED) is 0.643. The molecule has 1 unspecified atom stereocenters. The van der Waals surface area contributed by atoms with Crippen LogP contribution in [-0.2, 0) is 15.1 Å². The normalized spacial score (nSPS) is 18.0. The van der Waals surface area contributed by atoms with Crippen molar-refractivity contribution in [3.63, 3.8) is 0 Å². The highest BCUT2D eigenvalue weighted by Gasteiger charge is 2.58. The molecule has 152 valence electrons. The zero-order chi connectivity index (χ0) is 21.3. The number of halogens is 2. The highest BCUT2D eigenvalue weighted by molar-refractivity contribution is 6.17. The maximum absolute atomic E-state index is 13.4. The summed E-state index contributed by atoms with van der Waals surface area (Å²) < 4.78 is 31.8. The minimum atomic E-state index is -1.34. The van der Waals surface area contributed by atoms with E-state index in [9.17, 15) is 18.4 Å². The van der Waals surface area contributed by atoms with Crippen molar-refractivity contribution in [2.24, 2.45) is 0 Å². The lowest BCUT2D eigenvalue weighted by atomic mass is 9.76. The number of β-lactam (4-membered cyclic amide) rings is 1. The van der Waals surface area contributed by atoms with Gasteiger partial charge in [0.25, 0.3) is 5.91 Å². The molecular weight excluding hydrogens is 390 g/mol. The van der Waals surface area contributed by atoms with Gasteiger partial charge in [-0.1, -0.05) is 12.1 Å². The van der Waals surface area contributed by atoms with E-state index < -0.39 is 23.1 Å². The zero-order valence-corrected chi connectivity index (χ0v) is 16.1. The van der Waals surface area contributed by atoms with Crippen LogP contribution < -0.4 is 15.0 Å². The van der Waals surface area contributed by atoms with E-state index in [2.05, 4.69) is 5.32 Å². The Bertz CT molecular complexity index is 1080. The van der Waals surface area contributed by atoms with E-state index in [1.807, 2.05) is 0 Å². The lowest BCUT2D eigenvalue weighted by molar-refractivity contribution is -0.137. The zero-order valence-electron chi connectivity index (χ0n) is 16.1. The summed E-state index contributed by atoms with van der Waals surface area (Å²) in [5.41, 5.74) is 0.0347. The molecule has 1 atom stereocenters. The van der Waals surface area contributed by atoms with Crippen LogP contribution in [0.5, 0.6) is 5.75 Å². The third-order valence-corrected chi connectivity index (χ3v) is 5.17. The monoisotopic (exact) mass is 408 g/mol. The highest BCUT2D eigenvalue weighted by atomic mass is 19.1. The number of nitrogens with one attached hydrogen (secondary N) is 1. The fourth-order valence-corrected chi connectivity index (χ4v) is 3.63. The van der Waals surface area contributed by atoms with E-state index in [0.29, 0.717) is 22.7 Å². The molecule has 1 aliphatic heterocycles. The Morgan fingerprint density at radius 2 is 1.50 bits per heavy atom. The Morgan fingerprint density at radius 3 is 2.03 bits per heavy atom. The Morgan fingerprint density at radius 1 is 0.933 bits per heavy atom. The number of rotatable bonds is 5. The molecule has 1 heterocycles. The summed E-state index contributed by atoms with van der Waals surface area (Å²) in [4.78, 5) is 27.4. The Balaban J connectivity index is 1.77. The number of hydrogen-bond donors (Lipinski definition) is 1. The van der Waals surface area contributed by atoms with Crippen molar-refractivity contribution in [1.29, 1.82) is 0 Å². The minimum Gasteiger partial charge on any atom is -0.497 e. The van der Waals surface area contributed by atoms with Gasteiger partial charge >= 0.3 is 0 Å². The number of nitrogens with zero attached hydrogens (tertiary/aromatic N) is 1. The van der Waals surface area contributed by atoms with Gasteiger partial charge in [0.15, 0.2) is 5.54 Å². The first kappa shape index (κ1) is 19.6. The molecule has 3 aromatic carbocycles. The van der Waals surface area contributed by atoms with Crippen molar-refractivity contribution < 1.29 is 23.1 Å². The number of methoxy groups -OCH3 is 1. The van der Waals surface area contributed by atoms with E-state index in [1.54, 1.807) is 24.3 Å². The highest BCUT2D eigenvalue weighted by Crippen LogP contribution is 2.46. The maximum atomic E-state index is 13.4. The van der Waals surface area contributed by atoms with Gasteiger partial charge in [-0.3, -0.25) is 14.5 Å². The van der Waals surface area contributed by atoms with Crippen LogP contribution in [0.15, 0.2) is 72.8 Å². The molecule has 1 fully saturated rings. The molecule has 5 nitrogen and oxygen atoms in total. The fourth-order valence-electron chi connectivity index (χ4n) is 3.63. The van der Waals surface area contributed by atoms with Crippen molar-refractivity contribution in [2.45, 2.75) is 12.0 Å². The molecule has 7 heteroatoms. The number of carbonyl (C=O) groups excluding carboxylic acids is 2. The Kier molecular flexibility index (Phi) is 4.95. The molecule has 0 bridgehead atoms. The molecule has 0 spiro atoms. The molecule has 1 saturated heterocycles. The second-order valence-electron chi connectivity index (χ2n) is 6.93. The molecule has 0 aromatic heterocycles. The second-order valence-corrected chi connectivity index (χ2v) is 6.93. The van der Waals surface area contributed by atoms with Gasteiger partial charge in [-0.2, -0.15) is 0 Å². The van der Waals surface area contributed by atoms with Gasteiger partial charge in [-0.15, -0.1) is 0 Å². The van der Waals surface area contributed by atoms with Gasteiger partial charge in [0.05, 0.1) is 13.5 Å².